The van der Waals surface area contributed by atoms with Crippen molar-refractivity contribution in [2.75, 3.05) is 40.0 Å². The van der Waals surface area contributed by atoms with Gasteiger partial charge in [0.05, 0.1) is 18.8 Å². The van der Waals surface area contributed by atoms with Crippen molar-refractivity contribution in [2.24, 2.45) is 0 Å². The van der Waals surface area contributed by atoms with E-state index in [1.807, 2.05) is 13.0 Å². The zero-order chi connectivity index (χ0) is 15.7. The molecule has 0 aromatic heterocycles. The fourth-order valence-electron chi connectivity index (χ4n) is 1.89. The van der Waals surface area contributed by atoms with Gasteiger partial charge in [0.15, 0.2) is 0 Å². The molecule has 0 atom stereocenters. The minimum Gasteiger partial charge on any atom is -0.395 e. The van der Waals surface area contributed by atoms with Crippen LogP contribution in [-0.4, -0.2) is 61.0 Å². The second-order valence-electron chi connectivity index (χ2n) is 4.52. The summed E-state index contributed by atoms with van der Waals surface area (Å²) in [6, 6.07) is 5.39. The fourth-order valence-corrected chi connectivity index (χ4v) is 1.89. The number of amides is 1. The Kier molecular flexibility index (Phi) is 7.48. The van der Waals surface area contributed by atoms with E-state index in [4.69, 9.17) is 14.9 Å². The second-order valence-corrected chi connectivity index (χ2v) is 4.52. The van der Waals surface area contributed by atoms with Crippen LogP contribution in [0, 0.1) is 18.8 Å². The summed E-state index contributed by atoms with van der Waals surface area (Å²) in [6.45, 7) is 2.56. The maximum absolute atomic E-state index is 12.6. The Balaban J connectivity index is 3.09. The molecule has 114 valence electrons. The van der Waals surface area contributed by atoms with E-state index < -0.39 is 0 Å². The number of aliphatic hydroxyl groups is 2. The number of carbonyl (C=O) groups excluding carboxylic acids is 1. The number of carbonyl (C=O) groups is 1. The van der Waals surface area contributed by atoms with Crippen LogP contribution < -0.4 is 0 Å². The number of rotatable bonds is 6. The first-order valence-electron chi connectivity index (χ1n) is 6.73. The van der Waals surface area contributed by atoms with Crippen LogP contribution in [-0.2, 0) is 4.74 Å². The van der Waals surface area contributed by atoms with Crippen LogP contribution in [0.5, 0.6) is 0 Å². The molecule has 0 heterocycles. The van der Waals surface area contributed by atoms with Gasteiger partial charge in [-0.25, -0.2) is 0 Å². The zero-order valence-electron chi connectivity index (χ0n) is 12.4. The van der Waals surface area contributed by atoms with Gasteiger partial charge in [-0.1, -0.05) is 23.5 Å². The Labute approximate surface area is 125 Å². The molecule has 0 saturated heterocycles. The lowest BCUT2D eigenvalue weighted by molar-refractivity contribution is 0.0656. The number of nitrogens with zero attached hydrogens (tertiary/aromatic N) is 1. The molecule has 0 saturated carbocycles. The van der Waals surface area contributed by atoms with Crippen LogP contribution in [0.25, 0.3) is 0 Å². The third-order valence-electron chi connectivity index (χ3n) is 2.93. The largest absolute Gasteiger partial charge is 0.395 e. The van der Waals surface area contributed by atoms with Crippen LogP contribution >= 0.6 is 0 Å². The minimum atomic E-state index is -0.258. The highest BCUT2D eigenvalue weighted by Crippen LogP contribution is 2.14. The summed E-state index contributed by atoms with van der Waals surface area (Å²) < 4.78 is 4.99. The molecule has 5 heteroatoms. The van der Waals surface area contributed by atoms with Crippen LogP contribution in [0.4, 0.5) is 0 Å². The van der Waals surface area contributed by atoms with E-state index in [2.05, 4.69) is 11.8 Å². The zero-order valence-corrected chi connectivity index (χ0v) is 12.4. The number of ether oxygens (including phenoxy) is 1. The van der Waals surface area contributed by atoms with Gasteiger partial charge in [-0.3, -0.25) is 4.79 Å². The Hall–Kier alpha value is -1.87. The summed E-state index contributed by atoms with van der Waals surface area (Å²) in [4.78, 5) is 14.1. The number of hydrogen-bond acceptors (Lipinski definition) is 4. The Morgan fingerprint density at radius 3 is 2.71 bits per heavy atom. The van der Waals surface area contributed by atoms with Gasteiger partial charge < -0.3 is 19.8 Å². The molecule has 0 aliphatic heterocycles. The molecule has 0 unspecified atom stereocenters. The number of hydrogen-bond donors (Lipinski definition) is 2. The van der Waals surface area contributed by atoms with E-state index in [1.165, 1.54) is 4.90 Å². The van der Waals surface area contributed by atoms with Crippen molar-refractivity contribution >= 4 is 5.91 Å². The van der Waals surface area contributed by atoms with Crippen molar-refractivity contribution in [3.8, 4) is 11.8 Å². The predicted molar refractivity (Wildman–Crippen MR) is 80.0 cm³/mol. The van der Waals surface area contributed by atoms with Crippen LogP contribution in [0.1, 0.15) is 21.5 Å². The molecule has 0 bridgehead atoms. The molecule has 0 aliphatic carbocycles. The lowest BCUT2D eigenvalue weighted by atomic mass is 10.0. The third kappa shape index (κ3) is 5.20. The van der Waals surface area contributed by atoms with Crippen molar-refractivity contribution < 1.29 is 19.7 Å². The van der Waals surface area contributed by atoms with Crippen molar-refractivity contribution in [3.05, 3.63) is 34.9 Å². The molecule has 5 nitrogen and oxygen atoms in total. The normalized spacial score (nSPS) is 9.90. The van der Waals surface area contributed by atoms with Crippen molar-refractivity contribution in [2.45, 2.75) is 6.92 Å². The highest BCUT2D eigenvalue weighted by molar-refractivity contribution is 5.97. The van der Waals surface area contributed by atoms with Gasteiger partial charge in [0, 0.05) is 25.8 Å². The van der Waals surface area contributed by atoms with Crippen molar-refractivity contribution in [1.82, 2.24) is 4.90 Å². The van der Waals surface area contributed by atoms with Gasteiger partial charge in [-0.2, -0.15) is 0 Å². The fraction of sp³-hybridized carbons (Fsp3) is 0.438. The maximum atomic E-state index is 12.6. The van der Waals surface area contributed by atoms with E-state index in [-0.39, 0.29) is 25.7 Å². The quantitative estimate of drug-likeness (QED) is 0.745. The average molecular weight is 291 g/mol. The van der Waals surface area contributed by atoms with Gasteiger partial charge in [0.25, 0.3) is 5.91 Å². The van der Waals surface area contributed by atoms with Gasteiger partial charge in [0.2, 0.25) is 0 Å². The highest BCUT2D eigenvalue weighted by atomic mass is 16.5. The molecule has 0 aliphatic rings. The number of aryl methyl sites for hydroxylation is 1. The summed E-state index contributed by atoms with van der Waals surface area (Å²) in [5.41, 5.74) is 1.99. The highest BCUT2D eigenvalue weighted by Gasteiger charge is 2.18. The smallest absolute Gasteiger partial charge is 0.255 e. The summed E-state index contributed by atoms with van der Waals surface area (Å²) >= 11 is 0. The first-order chi connectivity index (χ1) is 10.1. The number of benzene rings is 1. The van der Waals surface area contributed by atoms with Gasteiger partial charge in [0.1, 0.15) is 6.61 Å². The Bertz CT molecular complexity index is 531. The molecular formula is C16H21NO4. The number of methoxy groups -OCH3 is 1. The Morgan fingerprint density at radius 1 is 1.33 bits per heavy atom. The molecule has 1 amide bonds. The van der Waals surface area contributed by atoms with Crippen LogP contribution in [0.15, 0.2) is 18.2 Å². The number of aliphatic hydroxyl groups excluding tert-OH is 2. The van der Waals surface area contributed by atoms with Crippen LogP contribution in [0.3, 0.4) is 0 Å². The predicted octanol–water partition coefficient (Wildman–Crippen LogP) is 0.420. The van der Waals surface area contributed by atoms with E-state index in [0.29, 0.717) is 24.3 Å². The summed E-state index contributed by atoms with van der Waals surface area (Å²) in [6.07, 6.45) is 0. The monoisotopic (exact) mass is 291 g/mol. The molecule has 1 aromatic carbocycles. The molecule has 0 spiro atoms. The SMILES string of the molecule is COCCN(CCO)C(=O)c1cc(C)ccc1C#CCO. The average Bonchev–Trinajstić information content (AvgIpc) is 2.49. The van der Waals surface area contributed by atoms with E-state index in [1.54, 1.807) is 19.2 Å². The molecule has 2 N–H and O–H groups in total. The lowest BCUT2D eigenvalue weighted by Crippen LogP contribution is -2.36. The van der Waals surface area contributed by atoms with E-state index in [0.717, 1.165) is 5.56 Å². The molecular weight excluding hydrogens is 270 g/mol. The topological polar surface area (TPSA) is 70.0 Å². The molecule has 0 fully saturated rings. The first kappa shape index (κ1) is 17.2. The summed E-state index contributed by atoms with van der Waals surface area (Å²) in [5.74, 6) is 5.14. The minimum absolute atomic E-state index is 0.112. The Morgan fingerprint density at radius 2 is 2.10 bits per heavy atom. The van der Waals surface area contributed by atoms with E-state index >= 15 is 0 Å². The second kappa shape index (κ2) is 9.14. The van der Waals surface area contributed by atoms with Gasteiger partial charge >= 0.3 is 0 Å². The maximum Gasteiger partial charge on any atom is 0.255 e. The standard InChI is InChI=1S/C16H21NO4/c1-13-5-6-14(4-3-9-18)15(12-13)16(20)17(7-10-19)8-11-21-2/h5-6,12,18-19H,7-11H2,1-2H3. The lowest BCUT2D eigenvalue weighted by Gasteiger charge is -2.22. The van der Waals surface area contributed by atoms with Gasteiger partial charge in [-0.15, -0.1) is 0 Å². The van der Waals surface area contributed by atoms with Crippen LogP contribution in [0.2, 0.25) is 0 Å². The first-order valence-corrected chi connectivity index (χ1v) is 6.73. The summed E-state index contributed by atoms with van der Waals surface area (Å²) in [5, 5.41) is 17.9. The molecule has 1 aromatic rings. The van der Waals surface area contributed by atoms with Crippen molar-refractivity contribution in [3.63, 3.8) is 0 Å². The molecule has 1 rings (SSSR count). The summed E-state index contributed by atoms with van der Waals surface area (Å²) in [7, 11) is 1.56. The van der Waals surface area contributed by atoms with Gasteiger partial charge in [-0.05, 0) is 19.1 Å². The molecule has 21 heavy (non-hydrogen) atoms. The third-order valence-corrected chi connectivity index (χ3v) is 2.93. The van der Waals surface area contributed by atoms with E-state index in [9.17, 15) is 4.79 Å². The molecule has 0 radical (unpaired) electrons. The van der Waals surface area contributed by atoms with Crippen molar-refractivity contribution in [1.29, 1.82) is 0 Å².